The number of benzene rings is 1. The molecule has 0 amide bonds. The molecule has 0 fully saturated rings. The Bertz CT molecular complexity index is 631. The highest BCUT2D eigenvalue weighted by Crippen LogP contribution is 2.41. The second kappa shape index (κ2) is 8.51. The maximum Gasteiger partial charge on any atom is 0.152 e. The van der Waals surface area contributed by atoms with Gasteiger partial charge in [-0.3, -0.25) is 0 Å². The minimum Gasteiger partial charge on any atom is -0.229 e. The molecular formula is C21H34O2S. The van der Waals surface area contributed by atoms with Crippen molar-refractivity contribution in [2.45, 2.75) is 89.7 Å². The zero-order chi connectivity index (χ0) is 17.7. The molecular weight excluding hydrogens is 316 g/mol. The van der Waals surface area contributed by atoms with Gasteiger partial charge in [-0.2, -0.15) is 0 Å². The van der Waals surface area contributed by atoms with Crippen molar-refractivity contribution >= 4 is 9.84 Å². The van der Waals surface area contributed by atoms with Crippen molar-refractivity contribution in [3.05, 3.63) is 34.9 Å². The van der Waals surface area contributed by atoms with Crippen LogP contribution in [0.1, 0.15) is 94.7 Å². The Hall–Kier alpha value is -0.830. The molecule has 0 spiro atoms. The molecule has 0 radical (unpaired) electrons. The van der Waals surface area contributed by atoms with E-state index >= 15 is 0 Å². The first-order valence-corrected chi connectivity index (χ1v) is 11.4. The second-order valence-corrected chi connectivity index (χ2v) is 10.6. The molecule has 1 aliphatic carbocycles. The molecule has 1 aromatic rings. The van der Waals surface area contributed by atoms with Crippen molar-refractivity contribution in [3.8, 4) is 0 Å². The van der Waals surface area contributed by atoms with Crippen molar-refractivity contribution in [3.63, 3.8) is 0 Å². The summed E-state index contributed by atoms with van der Waals surface area (Å²) in [6.07, 6.45) is 7.84. The first-order valence-electron chi connectivity index (χ1n) is 9.65. The average molecular weight is 351 g/mol. The van der Waals surface area contributed by atoms with E-state index in [0.29, 0.717) is 17.6 Å². The second-order valence-electron chi connectivity index (χ2n) is 7.93. The van der Waals surface area contributed by atoms with Gasteiger partial charge in [-0.1, -0.05) is 51.3 Å². The predicted octanol–water partition coefficient (Wildman–Crippen LogP) is 5.61. The highest BCUT2D eigenvalue weighted by atomic mass is 32.2. The van der Waals surface area contributed by atoms with Crippen molar-refractivity contribution in [1.29, 1.82) is 0 Å². The summed E-state index contributed by atoms with van der Waals surface area (Å²) < 4.78 is 23.5. The van der Waals surface area contributed by atoms with Crippen LogP contribution in [-0.4, -0.2) is 19.4 Å². The Kier molecular flexibility index (Phi) is 6.91. The monoisotopic (exact) mass is 350 g/mol. The Morgan fingerprint density at radius 2 is 1.58 bits per heavy atom. The van der Waals surface area contributed by atoms with Gasteiger partial charge in [0.1, 0.15) is 0 Å². The number of fused-ring (bicyclic) bond motifs is 1. The summed E-state index contributed by atoms with van der Waals surface area (Å²) in [6, 6.07) is 7.08. The van der Waals surface area contributed by atoms with Crippen LogP contribution >= 0.6 is 0 Å². The molecule has 2 unspecified atom stereocenters. The van der Waals surface area contributed by atoms with E-state index < -0.39 is 9.84 Å². The zero-order valence-corrected chi connectivity index (χ0v) is 16.7. The standard InChI is InChI=1S/C21H34O2S/c1-16(2)24(22,23)13-9-7-5-6-8-10-19-11-12-20-17(3)14-18(4)21(20)15-19/h11-12,15-18H,5-10,13-14H2,1-4H3. The normalized spacial score (nSPS) is 20.5. The van der Waals surface area contributed by atoms with Gasteiger partial charge in [-0.25, -0.2) is 8.42 Å². The van der Waals surface area contributed by atoms with Crippen LogP contribution in [0.2, 0.25) is 0 Å². The van der Waals surface area contributed by atoms with Crippen molar-refractivity contribution < 1.29 is 8.42 Å². The van der Waals surface area contributed by atoms with Gasteiger partial charge in [-0.15, -0.1) is 0 Å². The first-order chi connectivity index (χ1) is 11.3. The molecule has 1 aromatic carbocycles. The summed E-state index contributed by atoms with van der Waals surface area (Å²) >= 11 is 0. The van der Waals surface area contributed by atoms with Crippen LogP contribution in [0.25, 0.3) is 0 Å². The Balaban J connectivity index is 1.66. The number of sulfone groups is 1. The van der Waals surface area contributed by atoms with Crippen molar-refractivity contribution in [2.75, 3.05) is 5.75 Å². The fourth-order valence-corrected chi connectivity index (χ4v) is 4.92. The first kappa shape index (κ1) is 19.5. The van der Waals surface area contributed by atoms with Crippen LogP contribution < -0.4 is 0 Å². The molecule has 0 heterocycles. The lowest BCUT2D eigenvalue weighted by Gasteiger charge is -2.09. The third-order valence-corrected chi connectivity index (χ3v) is 7.83. The highest BCUT2D eigenvalue weighted by molar-refractivity contribution is 7.91. The lowest BCUT2D eigenvalue weighted by atomic mass is 9.97. The predicted molar refractivity (Wildman–Crippen MR) is 104 cm³/mol. The van der Waals surface area contributed by atoms with Crippen LogP contribution in [0, 0.1) is 0 Å². The van der Waals surface area contributed by atoms with Gasteiger partial charge in [-0.05, 0) is 68.1 Å². The number of aryl methyl sites for hydroxylation is 1. The van der Waals surface area contributed by atoms with E-state index in [9.17, 15) is 8.42 Å². The minimum atomic E-state index is -2.85. The summed E-state index contributed by atoms with van der Waals surface area (Å²) in [7, 11) is -2.85. The fraction of sp³-hybridized carbons (Fsp3) is 0.714. The number of unbranched alkanes of at least 4 members (excludes halogenated alkanes) is 4. The van der Waals surface area contributed by atoms with Crippen LogP contribution in [0.3, 0.4) is 0 Å². The molecule has 1 aliphatic rings. The molecule has 24 heavy (non-hydrogen) atoms. The quantitative estimate of drug-likeness (QED) is 0.542. The summed E-state index contributed by atoms with van der Waals surface area (Å²) in [4.78, 5) is 0. The highest BCUT2D eigenvalue weighted by Gasteiger charge is 2.24. The maximum atomic E-state index is 11.7. The van der Waals surface area contributed by atoms with Crippen molar-refractivity contribution in [2.24, 2.45) is 0 Å². The lowest BCUT2D eigenvalue weighted by Crippen LogP contribution is -2.17. The number of hydrogen-bond acceptors (Lipinski definition) is 2. The minimum absolute atomic E-state index is 0.234. The summed E-state index contributed by atoms with van der Waals surface area (Å²) in [5.74, 6) is 1.77. The Morgan fingerprint density at radius 3 is 2.29 bits per heavy atom. The smallest absolute Gasteiger partial charge is 0.152 e. The SMILES string of the molecule is CC1CC(C)c2cc(CCCCCCCS(=O)(=O)C(C)C)ccc21. The van der Waals surface area contributed by atoms with E-state index in [4.69, 9.17) is 0 Å². The van der Waals surface area contributed by atoms with Gasteiger partial charge in [0.15, 0.2) is 9.84 Å². The third kappa shape index (κ3) is 5.08. The molecule has 0 aliphatic heterocycles. The summed E-state index contributed by atoms with van der Waals surface area (Å²) in [5.41, 5.74) is 4.59. The maximum absolute atomic E-state index is 11.7. The van der Waals surface area contributed by atoms with Gasteiger partial charge in [0.25, 0.3) is 0 Å². The van der Waals surface area contributed by atoms with Gasteiger partial charge in [0.2, 0.25) is 0 Å². The summed E-state index contributed by atoms with van der Waals surface area (Å²) in [5, 5.41) is -0.234. The van der Waals surface area contributed by atoms with Crippen LogP contribution in [-0.2, 0) is 16.3 Å². The van der Waals surface area contributed by atoms with Gasteiger partial charge in [0, 0.05) is 0 Å². The molecule has 2 nitrogen and oxygen atoms in total. The molecule has 0 aromatic heterocycles. The number of hydrogen-bond donors (Lipinski definition) is 0. The largest absolute Gasteiger partial charge is 0.229 e. The van der Waals surface area contributed by atoms with Crippen LogP contribution in [0.4, 0.5) is 0 Å². The topological polar surface area (TPSA) is 34.1 Å². The lowest BCUT2D eigenvalue weighted by molar-refractivity contribution is 0.577. The van der Waals surface area contributed by atoms with E-state index in [1.165, 1.54) is 24.8 Å². The molecule has 2 atom stereocenters. The van der Waals surface area contributed by atoms with E-state index in [0.717, 1.165) is 25.7 Å². The van der Waals surface area contributed by atoms with Crippen molar-refractivity contribution in [1.82, 2.24) is 0 Å². The van der Waals surface area contributed by atoms with E-state index in [2.05, 4.69) is 32.0 Å². The molecule has 0 saturated heterocycles. The molecule has 0 saturated carbocycles. The Morgan fingerprint density at radius 1 is 0.958 bits per heavy atom. The van der Waals surface area contributed by atoms with Crippen LogP contribution in [0.15, 0.2) is 18.2 Å². The Labute approximate surface area is 149 Å². The van der Waals surface area contributed by atoms with E-state index in [1.54, 1.807) is 25.0 Å². The average Bonchev–Trinajstić information content (AvgIpc) is 2.80. The van der Waals surface area contributed by atoms with E-state index in [1.807, 2.05) is 0 Å². The zero-order valence-electron chi connectivity index (χ0n) is 15.8. The van der Waals surface area contributed by atoms with E-state index in [-0.39, 0.29) is 5.25 Å². The van der Waals surface area contributed by atoms with Gasteiger partial charge >= 0.3 is 0 Å². The molecule has 2 rings (SSSR count). The van der Waals surface area contributed by atoms with Gasteiger partial charge in [0.05, 0.1) is 11.0 Å². The molecule has 0 bridgehead atoms. The number of rotatable bonds is 9. The third-order valence-electron chi connectivity index (χ3n) is 5.53. The molecule has 136 valence electrons. The van der Waals surface area contributed by atoms with Crippen LogP contribution in [0.5, 0.6) is 0 Å². The molecule has 0 N–H and O–H groups in total. The summed E-state index contributed by atoms with van der Waals surface area (Å²) in [6.45, 7) is 8.22. The van der Waals surface area contributed by atoms with Gasteiger partial charge < -0.3 is 0 Å². The molecule has 3 heteroatoms. The fourth-order valence-electron chi connectivity index (χ4n) is 3.84.